The molecule has 1 amide bonds. The van der Waals surface area contributed by atoms with Gasteiger partial charge < -0.3 is 34.0 Å². The van der Waals surface area contributed by atoms with Crippen molar-refractivity contribution in [3.05, 3.63) is 117 Å². The number of aliphatic hydroxyl groups is 2. The van der Waals surface area contributed by atoms with Gasteiger partial charge in [-0.3, -0.25) is 15.0 Å². The summed E-state index contributed by atoms with van der Waals surface area (Å²) in [6.07, 6.45) is 20.7. The number of hydrogen-bond acceptors (Lipinski definition) is 11. The predicted octanol–water partition coefficient (Wildman–Crippen LogP) is 13.6. The largest absolute Gasteiger partial charge is 0.459 e. The number of nitro benzene ring substituents is 1. The molecule has 1 heterocycles. The third-order valence-corrected chi connectivity index (χ3v) is 14.7. The van der Waals surface area contributed by atoms with Crippen molar-refractivity contribution in [1.29, 1.82) is 0 Å². The van der Waals surface area contributed by atoms with Gasteiger partial charge in [-0.2, -0.15) is 0 Å². The standard InChI is InChI=1S/C58H81N3O10/c1-6-9-10-11-12-13-14-15-16-21-36-67-57(64)60(32-7-2)54-40-52(59-69-41-44-25-27-46(28-26-44)61(65)66)50-38-45(22-17-19-33-62)49(23-18-20-34-63)55-51-39-48(70-47-29-24-42(4)43(5)37-47)30-31-53(51)71-58(54,56(50)55)68-35-8-3/h8,24-31,37-39,45,49,54-56,62-63H,3,6-7,9-23,32-36,40-41H2,1-2,4-5H3. The van der Waals surface area contributed by atoms with Crippen LogP contribution in [0.2, 0.25) is 0 Å². The Labute approximate surface area is 422 Å². The summed E-state index contributed by atoms with van der Waals surface area (Å²) in [5.41, 5.74) is 5.52. The van der Waals surface area contributed by atoms with Gasteiger partial charge in [0.15, 0.2) is 0 Å². The van der Waals surface area contributed by atoms with Crippen LogP contribution in [0.25, 0.3) is 0 Å². The zero-order valence-electron chi connectivity index (χ0n) is 43.0. The van der Waals surface area contributed by atoms with Crippen molar-refractivity contribution in [1.82, 2.24) is 4.90 Å². The lowest BCUT2D eigenvalue weighted by atomic mass is 9.55. The van der Waals surface area contributed by atoms with E-state index in [0.717, 1.165) is 67.4 Å². The molecule has 6 atom stereocenters. The molecule has 0 spiro atoms. The lowest BCUT2D eigenvalue weighted by molar-refractivity contribution is -0.384. The molecule has 2 aliphatic carbocycles. The smallest absolute Gasteiger partial charge is 0.410 e. The van der Waals surface area contributed by atoms with Crippen LogP contribution in [0, 0.1) is 41.7 Å². The molecule has 0 radical (unpaired) electrons. The molecule has 6 rings (SSSR count). The third kappa shape index (κ3) is 14.5. The number of aliphatic hydroxyl groups excluding tert-OH is 2. The molecule has 6 unspecified atom stereocenters. The number of non-ortho nitro benzene ring substituents is 1. The van der Waals surface area contributed by atoms with Crippen molar-refractivity contribution in [2.24, 2.45) is 22.9 Å². The summed E-state index contributed by atoms with van der Waals surface area (Å²) in [6, 6.07) is 17.6. The number of nitrogens with zero attached hydrogens (tertiary/aromatic N) is 3. The van der Waals surface area contributed by atoms with Gasteiger partial charge in [-0.15, -0.1) is 6.58 Å². The highest BCUT2D eigenvalue weighted by Gasteiger charge is 2.65. The summed E-state index contributed by atoms with van der Waals surface area (Å²) < 4.78 is 27.4. The number of amides is 1. The molecular weight excluding hydrogens is 899 g/mol. The summed E-state index contributed by atoms with van der Waals surface area (Å²) in [7, 11) is 0. The molecule has 3 aliphatic rings. The number of rotatable bonds is 31. The molecular formula is C58H81N3O10. The topological polar surface area (TPSA) is 162 Å². The molecule has 2 N–H and O–H groups in total. The normalized spacial score (nSPS) is 21.6. The van der Waals surface area contributed by atoms with E-state index in [-0.39, 0.29) is 56.3 Å². The zero-order chi connectivity index (χ0) is 50.6. The van der Waals surface area contributed by atoms with Crippen LogP contribution < -0.4 is 9.47 Å². The number of carbonyl (C=O) groups excluding carboxylic acids is 1. The van der Waals surface area contributed by atoms with E-state index in [1.165, 1.54) is 62.6 Å². The van der Waals surface area contributed by atoms with Crippen molar-refractivity contribution < 1.29 is 43.7 Å². The number of ether oxygens (including phenoxy) is 4. The quantitative estimate of drug-likeness (QED) is 0.0275. The Morgan fingerprint density at radius 2 is 1.54 bits per heavy atom. The monoisotopic (exact) mass is 980 g/mol. The summed E-state index contributed by atoms with van der Waals surface area (Å²) >= 11 is 0. The first kappa shape index (κ1) is 55.1. The van der Waals surface area contributed by atoms with E-state index in [2.05, 4.69) is 45.6 Å². The number of unbranched alkanes of at least 4 members (excludes halogenated alkanes) is 11. The summed E-state index contributed by atoms with van der Waals surface area (Å²) in [5, 5.41) is 36.4. The van der Waals surface area contributed by atoms with Gasteiger partial charge in [0.2, 0.25) is 5.79 Å². The van der Waals surface area contributed by atoms with Gasteiger partial charge in [-0.05, 0) is 129 Å². The van der Waals surface area contributed by atoms with E-state index >= 15 is 0 Å². The number of carbonyl (C=O) groups is 1. The van der Waals surface area contributed by atoms with E-state index in [1.807, 2.05) is 31.2 Å². The van der Waals surface area contributed by atoms with Crippen molar-refractivity contribution in [3.63, 3.8) is 0 Å². The molecule has 71 heavy (non-hydrogen) atoms. The Kier molecular flexibility index (Phi) is 21.8. The van der Waals surface area contributed by atoms with Crippen molar-refractivity contribution in [3.8, 4) is 17.2 Å². The Hall–Kier alpha value is -5.24. The highest BCUT2D eigenvalue weighted by molar-refractivity contribution is 6.03. The molecule has 13 heteroatoms. The van der Waals surface area contributed by atoms with Gasteiger partial charge in [0.05, 0.1) is 29.8 Å². The second-order valence-electron chi connectivity index (χ2n) is 19.8. The maximum Gasteiger partial charge on any atom is 0.410 e. The second kappa shape index (κ2) is 28.1. The SMILES string of the molecule is C=CCOC12Oc3ccc(Oc4ccc(C)c(C)c4)cc3C3C(CCCCO)C(CCCCO)C=C(C(=NOCc4ccc([N+](=O)[O-])cc4)CC1N(CCC)C(=O)OCCCCCCCCCCCC)C32. The van der Waals surface area contributed by atoms with Crippen LogP contribution >= 0.6 is 0 Å². The molecule has 1 fully saturated rings. The van der Waals surface area contributed by atoms with Crippen LogP contribution in [0.15, 0.2) is 90.1 Å². The maximum absolute atomic E-state index is 14.7. The third-order valence-electron chi connectivity index (χ3n) is 14.7. The first-order valence-electron chi connectivity index (χ1n) is 26.7. The van der Waals surface area contributed by atoms with E-state index in [0.29, 0.717) is 55.2 Å². The lowest BCUT2D eigenvalue weighted by Crippen LogP contribution is -2.70. The van der Waals surface area contributed by atoms with Crippen LogP contribution in [-0.2, 0) is 20.9 Å². The minimum atomic E-state index is -1.43. The first-order valence-corrected chi connectivity index (χ1v) is 26.7. The fraction of sp³-hybridized carbons (Fsp3) is 0.586. The van der Waals surface area contributed by atoms with E-state index in [4.69, 9.17) is 28.9 Å². The Morgan fingerprint density at radius 3 is 2.20 bits per heavy atom. The number of benzene rings is 3. The van der Waals surface area contributed by atoms with Gasteiger partial charge in [-0.1, -0.05) is 108 Å². The number of oxime groups is 1. The number of hydrogen-bond donors (Lipinski definition) is 2. The summed E-state index contributed by atoms with van der Waals surface area (Å²) in [4.78, 5) is 33.7. The van der Waals surface area contributed by atoms with Crippen molar-refractivity contribution in [2.75, 3.05) is 33.0 Å². The fourth-order valence-electron chi connectivity index (χ4n) is 11.0. The number of aryl methyl sites for hydroxylation is 2. The van der Waals surface area contributed by atoms with Crippen LogP contribution in [0.4, 0.5) is 10.5 Å². The van der Waals surface area contributed by atoms with Crippen LogP contribution in [0.5, 0.6) is 17.2 Å². The van der Waals surface area contributed by atoms with Crippen molar-refractivity contribution >= 4 is 17.5 Å². The summed E-state index contributed by atoms with van der Waals surface area (Å²) in [5.74, 6) is -0.0752. The predicted molar refractivity (Wildman–Crippen MR) is 279 cm³/mol. The van der Waals surface area contributed by atoms with Gasteiger partial charge in [0.1, 0.15) is 29.9 Å². The average Bonchev–Trinajstić information content (AvgIpc) is 3.37. The molecule has 13 nitrogen and oxygen atoms in total. The van der Waals surface area contributed by atoms with Crippen LogP contribution in [0.1, 0.15) is 158 Å². The lowest BCUT2D eigenvalue weighted by Gasteiger charge is -2.59. The fourth-order valence-corrected chi connectivity index (χ4v) is 11.0. The molecule has 0 saturated heterocycles. The van der Waals surface area contributed by atoms with E-state index in [1.54, 1.807) is 23.1 Å². The summed E-state index contributed by atoms with van der Waals surface area (Å²) in [6.45, 7) is 13.5. The molecule has 0 aromatic heterocycles. The Balaban J connectivity index is 1.44. The van der Waals surface area contributed by atoms with Gasteiger partial charge >= 0.3 is 6.09 Å². The molecule has 1 aliphatic heterocycles. The van der Waals surface area contributed by atoms with Gasteiger partial charge in [0.25, 0.3) is 5.69 Å². The van der Waals surface area contributed by atoms with Crippen molar-refractivity contribution in [2.45, 2.75) is 168 Å². The van der Waals surface area contributed by atoms with Gasteiger partial charge in [-0.25, -0.2) is 4.79 Å². The Bertz CT molecular complexity index is 2230. The first-order chi connectivity index (χ1) is 34.6. The van der Waals surface area contributed by atoms with E-state index in [9.17, 15) is 25.1 Å². The van der Waals surface area contributed by atoms with Gasteiger partial charge in [0, 0.05) is 49.8 Å². The minimum absolute atomic E-state index is 0.0126. The van der Waals surface area contributed by atoms with Crippen LogP contribution in [0.3, 0.4) is 0 Å². The molecule has 388 valence electrons. The second-order valence-corrected chi connectivity index (χ2v) is 19.8. The molecule has 0 bridgehead atoms. The highest BCUT2D eigenvalue weighted by atomic mass is 16.7. The molecule has 3 aromatic carbocycles. The van der Waals surface area contributed by atoms with E-state index < -0.39 is 28.8 Å². The number of nitro groups is 1. The zero-order valence-corrected chi connectivity index (χ0v) is 43.0. The highest BCUT2D eigenvalue weighted by Crippen LogP contribution is 2.62. The van der Waals surface area contributed by atoms with Crippen LogP contribution in [-0.4, -0.2) is 76.6 Å². The molecule has 3 aromatic rings. The number of fused-ring (bicyclic) bond motifs is 2. The maximum atomic E-state index is 14.7. The average molecular weight is 980 g/mol. The minimum Gasteiger partial charge on any atom is -0.459 e. The Morgan fingerprint density at radius 1 is 0.859 bits per heavy atom. The molecule has 1 saturated carbocycles. The number of allylic oxidation sites excluding steroid dienone is 1.